The molecule has 11 heteroatoms. The molecule has 160 valence electrons. The molecular formula is C20H17ClFN5O4. The molecule has 1 N–H and O–H groups in total. The second-order valence-electron chi connectivity index (χ2n) is 7.04. The Kier molecular flexibility index (Phi) is 5.32. The molecule has 0 bridgehead atoms. The molecule has 0 unspecified atom stereocenters. The van der Waals surface area contributed by atoms with Crippen molar-refractivity contribution in [2.45, 2.75) is 19.0 Å². The second-order valence-corrected chi connectivity index (χ2v) is 7.44. The zero-order chi connectivity index (χ0) is 22.3. The van der Waals surface area contributed by atoms with Gasteiger partial charge in [-0.25, -0.2) is 9.29 Å². The van der Waals surface area contributed by atoms with E-state index in [2.05, 4.69) is 15.7 Å². The number of imide groups is 1. The van der Waals surface area contributed by atoms with Gasteiger partial charge in [0.2, 0.25) is 5.91 Å². The maximum Gasteiger partial charge on any atom is 0.263 e. The molecular weight excluding hydrogens is 429 g/mol. The molecule has 31 heavy (non-hydrogen) atoms. The number of benzene rings is 2. The van der Waals surface area contributed by atoms with Crippen LogP contribution in [0.3, 0.4) is 0 Å². The summed E-state index contributed by atoms with van der Waals surface area (Å²) in [5.41, 5.74) is 0.983. The normalized spacial score (nSPS) is 19.7. The van der Waals surface area contributed by atoms with Gasteiger partial charge < -0.3 is 10.1 Å². The number of anilines is 2. The Labute approximate surface area is 181 Å². The van der Waals surface area contributed by atoms with E-state index in [1.165, 1.54) is 31.4 Å². The lowest BCUT2D eigenvalue weighted by Gasteiger charge is -2.20. The quantitative estimate of drug-likeness (QED) is 0.713. The monoisotopic (exact) mass is 445 g/mol. The molecule has 0 spiro atoms. The number of methoxy groups -OCH3 is 1. The lowest BCUT2D eigenvalue weighted by atomic mass is 10.1. The number of hydrogen-bond acceptors (Lipinski definition) is 7. The number of aryl methyl sites for hydroxylation is 1. The SMILES string of the molecule is COc1ccc(N2C(=O)[C@@H]3[C@@H](N=NN3CC(=O)Nc3ccc(C)c(F)c3)C2=O)cc1Cl. The molecule has 0 radical (unpaired) electrons. The number of ether oxygens (including phenoxy) is 1. The van der Waals surface area contributed by atoms with E-state index in [0.717, 1.165) is 9.91 Å². The minimum absolute atomic E-state index is 0.237. The number of amides is 3. The molecule has 4 rings (SSSR count). The molecule has 9 nitrogen and oxygen atoms in total. The minimum atomic E-state index is -1.06. The van der Waals surface area contributed by atoms with E-state index in [0.29, 0.717) is 11.3 Å². The van der Waals surface area contributed by atoms with Crippen molar-refractivity contribution in [1.82, 2.24) is 5.01 Å². The third-order valence-corrected chi connectivity index (χ3v) is 5.31. The van der Waals surface area contributed by atoms with E-state index < -0.39 is 35.6 Å². The number of nitrogens with zero attached hydrogens (tertiary/aromatic N) is 4. The van der Waals surface area contributed by atoms with Gasteiger partial charge in [0.05, 0.1) is 17.8 Å². The number of hydrogen-bond donors (Lipinski definition) is 1. The summed E-state index contributed by atoms with van der Waals surface area (Å²) < 4.78 is 18.8. The average molecular weight is 446 g/mol. The van der Waals surface area contributed by atoms with E-state index in [1.54, 1.807) is 19.1 Å². The highest BCUT2D eigenvalue weighted by molar-refractivity contribution is 6.33. The molecule has 2 aliphatic heterocycles. The lowest BCUT2D eigenvalue weighted by Crippen LogP contribution is -2.43. The van der Waals surface area contributed by atoms with Crippen molar-refractivity contribution in [3.63, 3.8) is 0 Å². The van der Waals surface area contributed by atoms with Gasteiger partial charge in [-0.1, -0.05) is 22.9 Å². The molecule has 1 saturated heterocycles. The Morgan fingerprint density at radius 3 is 2.68 bits per heavy atom. The summed E-state index contributed by atoms with van der Waals surface area (Å²) >= 11 is 6.11. The van der Waals surface area contributed by atoms with Crippen LogP contribution in [0.25, 0.3) is 0 Å². The largest absolute Gasteiger partial charge is 0.495 e. The average Bonchev–Trinajstić information content (AvgIpc) is 3.24. The first-order valence-electron chi connectivity index (χ1n) is 9.25. The van der Waals surface area contributed by atoms with Crippen molar-refractivity contribution in [2.24, 2.45) is 10.3 Å². The Balaban J connectivity index is 1.49. The standard InChI is InChI=1S/C20H17ClFN5O4/c1-10-3-4-11(7-14(10)22)23-16(28)9-26-18-17(24-25-26)19(29)27(20(18)30)12-5-6-15(31-2)13(21)8-12/h3-8,17-18H,9H2,1-2H3,(H,23,28)/t17-,18+/m1/s1. The summed E-state index contributed by atoms with van der Waals surface area (Å²) in [6.07, 6.45) is 0. The minimum Gasteiger partial charge on any atom is -0.495 e. The summed E-state index contributed by atoms with van der Waals surface area (Å²) in [4.78, 5) is 39.1. The molecule has 2 atom stereocenters. The Hall–Kier alpha value is -3.53. The van der Waals surface area contributed by atoms with Crippen molar-refractivity contribution < 1.29 is 23.5 Å². The van der Waals surface area contributed by atoms with E-state index in [4.69, 9.17) is 16.3 Å². The summed E-state index contributed by atoms with van der Waals surface area (Å²) in [5, 5.41) is 11.6. The predicted molar refractivity (Wildman–Crippen MR) is 109 cm³/mol. The molecule has 0 aromatic heterocycles. The van der Waals surface area contributed by atoms with Gasteiger partial charge in [0, 0.05) is 5.69 Å². The Morgan fingerprint density at radius 2 is 2.00 bits per heavy atom. The van der Waals surface area contributed by atoms with Gasteiger partial charge in [0.25, 0.3) is 11.8 Å². The number of nitrogens with one attached hydrogen (secondary N) is 1. The van der Waals surface area contributed by atoms with Crippen molar-refractivity contribution in [2.75, 3.05) is 23.9 Å². The van der Waals surface area contributed by atoms with Crippen LogP contribution in [0.2, 0.25) is 5.02 Å². The van der Waals surface area contributed by atoms with Crippen LogP contribution in [0.15, 0.2) is 46.7 Å². The molecule has 1 fully saturated rings. The van der Waals surface area contributed by atoms with Crippen LogP contribution in [0.5, 0.6) is 5.75 Å². The summed E-state index contributed by atoms with van der Waals surface area (Å²) in [6.45, 7) is 1.27. The highest BCUT2D eigenvalue weighted by Gasteiger charge is 2.55. The summed E-state index contributed by atoms with van der Waals surface area (Å²) in [6, 6.07) is 6.70. The van der Waals surface area contributed by atoms with E-state index in [9.17, 15) is 18.8 Å². The van der Waals surface area contributed by atoms with Crippen LogP contribution in [0.4, 0.5) is 15.8 Å². The lowest BCUT2D eigenvalue weighted by molar-refractivity contribution is -0.123. The van der Waals surface area contributed by atoms with Crippen LogP contribution in [-0.2, 0) is 14.4 Å². The Morgan fingerprint density at radius 1 is 1.23 bits per heavy atom. The highest BCUT2D eigenvalue weighted by Crippen LogP contribution is 2.35. The highest BCUT2D eigenvalue weighted by atomic mass is 35.5. The summed E-state index contributed by atoms with van der Waals surface area (Å²) in [5.74, 6) is -1.73. The Bertz CT molecular complexity index is 1120. The smallest absolute Gasteiger partial charge is 0.263 e. The van der Waals surface area contributed by atoms with Crippen molar-refractivity contribution >= 4 is 40.7 Å². The third kappa shape index (κ3) is 3.70. The molecule has 2 aromatic carbocycles. The number of carbonyl (C=O) groups is 3. The van der Waals surface area contributed by atoms with Gasteiger partial charge in [-0.05, 0) is 42.8 Å². The maximum absolute atomic E-state index is 13.7. The number of rotatable bonds is 5. The fourth-order valence-corrected chi connectivity index (χ4v) is 3.67. The molecule has 2 aromatic rings. The van der Waals surface area contributed by atoms with Crippen LogP contribution in [0.1, 0.15) is 5.56 Å². The first-order valence-corrected chi connectivity index (χ1v) is 9.62. The molecule has 0 aliphatic carbocycles. The second kappa shape index (κ2) is 7.95. The molecule has 2 aliphatic rings. The van der Waals surface area contributed by atoms with Gasteiger partial charge in [0.1, 0.15) is 18.1 Å². The van der Waals surface area contributed by atoms with E-state index in [-0.39, 0.29) is 22.9 Å². The predicted octanol–water partition coefficient (Wildman–Crippen LogP) is 2.73. The maximum atomic E-state index is 13.7. The zero-order valence-electron chi connectivity index (χ0n) is 16.5. The van der Waals surface area contributed by atoms with Crippen LogP contribution in [-0.4, -0.2) is 48.5 Å². The van der Waals surface area contributed by atoms with Crippen LogP contribution in [0, 0.1) is 12.7 Å². The van der Waals surface area contributed by atoms with Gasteiger partial charge in [0.15, 0.2) is 12.1 Å². The summed E-state index contributed by atoms with van der Waals surface area (Å²) in [7, 11) is 1.45. The fraction of sp³-hybridized carbons (Fsp3) is 0.250. The van der Waals surface area contributed by atoms with Crippen LogP contribution < -0.4 is 15.0 Å². The van der Waals surface area contributed by atoms with Crippen molar-refractivity contribution in [1.29, 1.82) is 0 Å². The first-order chi connectivity index (χ1) is 14.8. The molecule has 3 amide bonds. The molecule has 2 heterocycles. The zero-order valence-corrected chi connectivity index (χ0v) is 17.3. The van der Waals surface area contributed by atoms with Gasteiger partial charge in [-0.3, -0.25) is 19.4 Å². The van der Waals surface area contributed by atoms with Crippen molar-refractivity contribution in [3.8, 4) is 5.75 Å². The number of carbonyl (C=O) groups excluding carboxylic acids is 3. The van der Waals surface area contributed by atoms with E-state index >= 15 is 0 Å². The van der Waals surface area contributed by atoms with Gasteiger partial charge >= 0.3 is 0 Å². The van der Waals surface area contributed by atoms with Crippen molar-refractivity contribution in [3.05, 3.63) is 52.8 Å². The van der Waals surface area contributed by atoms with Gasteiger partial charge in [-0.2, -0.15) is 5.11 Å². The topological polar surface area (TPSA) is 104 Å². The first kappa shape index (κ1) is 20.7. The van der Waals surface area contributed by atoms with Crippen LogP contribution >= 0.6 is 11.6 Å². The van der Waals surface area contributed by atoms with E-state index in [1.807, 2.05) is 0 Å². The molecule has 0 saturated carbocycles. The number of fused-ring (bicyclic) bond motifs is 1. The number of halogens is 2. The fourth-order valence-electron chi connectivity index (χ4n) is 3.42. The third-order valence-electron chi connectivity index (χ3n) is 5.01. The van der Waals surface area contributed by atoms with Gasteiger partial charge in [-0.15, -0.1) is 0 Å².